The Bertz CT molecular complexity index is 1330. The van der Waals surface area contributed by atoms with Crippen molar-refractivity contribution in [3.63, 3.8) is 0 Å². The predicted molar refractivity (Wildman–Crippen MR) is 117 cm³/mol. The molecule has 3 aliphatic rings. The Hall–Kier alpha value is -2.68. The summed E-state index contributed by atoms with van der Waals surface area (Å²) in [5.74, 6) is 3.95. The van der Waals surface area contributed by atoms with Gasteiger partial charge in [-0.3, -0.25) is 4.40 Å². The normalized spacial score (nSPS) is 30.5. The topological polar surface area (TPSA) is 30.2 Å². The largest absolute Gasteiger partial charge is 0.280 e. The zero-order valence-corrected chi connectivity index (χ0v) is 16.8. The molecule has 3 aliphatic carbocycles. The van der Waals surface area contributed by atoms with Gasteiger partial charge in [-0.2, -0.15) is 0 Å². The standard InChI is InChI=1S/C26H25N3/c1-26(13-16-10-17-12-18(14-26)20(17)11-16)15-24-27-21-7-3-2-6-19(21)25-28-22-8-4-5-9-23(22)29(24)25/h2-9,14,16-17,20H,10-13,15H2,1H3. The average Bonchev–Trinajstić information content (AvgIpc) is 3.21. The van der Waals surface area contributed by atoms with Crippen LogP contribution in [0.4, 0.5) is 0 Å². The molecule has 4 aromatic rings. The minimum Gasteiger partial charge on any atom is -0.280 e. The van der Waals surface area contributed by atoms with E-state index in [9.17, 15) is 0 Å². The molecular formula is C26H25N3. The van der Waals surface area contributed by atoms with E-state index in [2.05, 4.69) is 65.9 Å². The molecule has 2 saturated carbocycles. The number of fused-ring (bicyclic) bond motifs is 6. The van der Waals surface area contributed by atoms with Crippen LogP contribution in [0.25, 0.3) is 27.6 Å². The number of rotatable bonds is 2. The summed E-state index contributed by atoms with van der Waals surface area (Å²) in [6.07, 6.45) is 9.16. The van der Waals surface area contributed by atoms with Gasteiger partial charge in [0.05, 0.1) is 16.6 Å². The van der Waals surface area contributed by atoms with E-state index in [0.717, 1.165) is 52.1 Å². The first-order valence-electron chi connectivity index (χ1n) is 11.0. The zero-order valence-electron chi connectivity index (χ0n) is 16.8. The van der Waals surface area contributed by atoms with Crippen molar-refractivity contribution in [3.8, 4) is 0 Å². The van der Waals surface area contributed by atoms with Gasteiger partial charge in [-0.15, -0.1) is 0 Å². The Labute approximate surface area is 170 Å². The van der Waals surface area contributed by atoms with E-state index in [1.54, 1.807) is 5.57 Å². The van der Waals surface area contributed by atoms with Crippen molar-refractivity contribution >= 4 is 27.6 Å². The van der Waals surface area contributed by atoms with Crippen LogP contribution in [0, 0.1) is 23.2 Å². The van der Waals surface area contributed by atoms with E-state index in [1.165, 1.54) is 31.2 Å². The quantitative estimate of drug-likeness (QED) is 0.402. The third kappa shape index (κ3) is 2.24. The lowest BCUT2D eigenvalue weighted by Gasteiger charge is -2.38. The third-order valence-corrected chi connectivity index (χ3v) is 7.83. The Morgan fingerprint density at radius 1 is 1.00 bits per heavy atom. The van der Waals surface area contributed by atoms with Gasteiger partial charge in [0.15, 0.2) is 0 Å². The number of hydrogen-bond donors (Lipinski definition) is 0. The molecule has 2 aromatic heterocycles. The second-order valence-electron chi connectivity index (χ2n) is 9.97. The van der Waals surface area contributed by atoms with Gasteiger partial charge in [-0.1, -0.05) is 42.8 Å². The van der Waals surface area contributed by atoms with E-state index in [-0.39, 0.29) is 5.41 Å². The molecule has 0 aliphatic heterocycles. The first-order chi connectivity index (χ1) is 14.2. The number of nitrogens with zero attached hydrogens (tertiary/aromatic N) is 3. The predicted octanol–water partition coefficient (Wildman–Crippen LogP) is 5.96. The van der Waals surface area contributed by atoms with Gasteiger partial charge in [-0.25, -0.2) is 9.97 Å². The summed E-state index contributed by atoms with van der Waals surface area (Å²) >= 11 is 0. The monoisotopic (exact) mass is 379 g/mol. The maximum atomic E-state index is 5.19. The van der Waals surface area contributed by atoms with Crippen LogP contribution in [0.5, 0.6) is 0 Å². The maximum Gasteiger partial charge on any atom is 0.148 e. The lowest BCUT2D eigenvalue weighted by atomic mass is 9.67. The molecule has 144 valence electrons. The van der Waals surface area contributed by atoms with E-state index in [1.807, 2.05) is 0 Å². The van der Waals surface area contributed by atoms with Crippen LogP contribution in [0.15, 0.2) is 60.2 Å². The molecule has 0 amide bonds. The first-order valence-corrected chi connectivity index (χ1v) is 11.0. The molecule has 7 rings (SSSR count). The second kappa shape index (κ2) is 5.47. The first kappa shape index (κ1) is 16.2. The molecule has 2 heterocycles. The fourth-order valence-electron chi connectivity index (χ4n) is 6.73. The van der Waals surface area contributed by atoms with Crippen LogP contribution in [0.1, 0.15) is 38.4 Å². The fraction of sp³-hybridized carbons (Fsp3) is 0.385. The fourth-order valence-corrected chi connectivity index (χ4v) is 6.73. The molecule has 4 unspecified atom stereocenters. The summed E-state index contributed by atoms with van der Waals surface area (Å²) in [5, 5.41) is 1.14. The number of hydrogen-bond acceptors (Lipinski definition) is 2. The molecule has 2 aromatic carbocycles. The number of imidazole rings is 1. The highest BCUT2D eigenvalue weighted by Crippen LogP contribution is 2.59. The van der Waals surface area contributed by atoms with Crippen LogP contribution in [-0.2, 0) is 6.42 Å². The maximum absolute atomic E-state index is 5.19. The van der Waals surface area contributed by atoms with E-state index in [4.69, 9.17) is 9.97 Å². The van der Waals surface area contributed by atoms with Crippen LogP contribution in [0.3, 0.4) is 0 Å². The molecule has 0 N–H and O–H groups in total. The molecule has 3 heteroatoms. The molecular weight excluding hydrogens is 354 g/mol. The molecule has 29 heavy (non-hydrogen) atoms. The van der Waals surface area contributed by atoms with Crippen LogP contribution in [-0.4, -0.2) is 14.4 Å². The smallest absolute Gasteiger partial charge is 0.148 e. The lowest BCUT2D eigenvalue weighted by Crippen LogP contribution is -2.29. The van der Waals surface area contributed by atoms with Gasteiger partial charge in [0.25, 0.3) is 0 Å². The molecule has 4 atom stereocenters. The number of allylic oxidation sites excluding steroid dienone is 2. The summed E-state index contributed by atoms with van der Waals surface area (Å²) in [6.45, 7) is 2.47. The van der Waals surface area contributed by atoms with E-state index < -0.39 is 0 Å². The Morgan fingerprint density at radius 2 is 1.83 bits per heavy atom. The minimum absolute atomic E-state index is 0.188. The summed E-state index contributed by atoms with van der Waals surface area (Å²) in [6, 6.07) is 16.9. The van der Waals surface area contributed by atoms with Gasteiger partial charge >= 0.3 is 0 Å². The molecule has 0 radical (unpaired) electrons. The van der Waals surface area contributed by atoms with Gasteiger partial charge in [0.2, 0.25) is 0 Å². The third-order valence-electron chi connectivity index (χ3n) is 7.83. The van der Waals surface area contributed by atoms with Crippen LogP contribution < -0.4 is 0 Å². The number of benzene rings is 2. The molecule has 3 nitrogen and oxygen atoms in total. The number of aromatic nitrogens is 3. The highest BCUT2D eigenvalue weighted by molar-refractivity contribution is 5.96. The zero-order chi connectivity index (χ0) is 19.2. The van der Waals surface area contributed by atoms with Crippen molar-refractivity contribution in [1.29, 1.82) is 0 Å². The highest BCUT2D eigenvalue weighted by Gasteiger charge is 2.48. The van der Waals surface area contributed by atoms with E-state index in [0.29, 0.717) is 0 Å². The van der Waals surface area contributed by atoms with Crippen molar-refractivity contribution in [2.45, 2.75) is 39.0 Å². The summed E-state index contributed by atoms with van der Waals surface area (Å²) in [4.78, 5) is 10.2. The molecule has 0 saturated heterocycles. The van der Waals surface area contributed by atoms with Crippen molar-refractivity contribution in [2.75, 3.05) is 0 Å². The van der Waals surface area contributed by atoms with Gasteiger partial charge < -0.3 is 0 Å². The Morgan fingerprint density at radius 3 is 2.76 bits per heavy atom. The van der Waals surface area contributed by atoms with Crippen LogP contribution >= 0.6 is 0 Å². The van der Waals surface area contributed by atoms with Crippen molar-refractivity contribution in [3.05, 3.63) is 66.0 Å². The van der Waals surface area contributed by atoms with Gasteiger partial charge in [-0.05, 0) is 73.1 Å². The van der Waals surface area contributed by atoms with Crippen molar-refractivity contribution < 1.29 is 0 Å². The summed E-state index contributed by atoms with van der Waals surface area (Å²) in [7, 11) is 0. The molecule has 0 spiro atoms. The minimum atomic E-state index is 0.188. The lowest BCUT2D eigenvalue weighted by molar-refractivity contribution is 0.270. The van der Waals surface area contributed by atoms with Crippen molar-refractivity contribution in [2.24, 2.45) is 23.2 Å². The Balaban J connectivity index is 1.46. The Kier molecular flexibility index (Phi) is 3.05. The van der Waals surface area contributed by atoms with E-state index >= 15 is 0 Å². The molecule has 2 bridgehead atoms. The molecule has 2 fully saturated rings. The van der Waals surface area contributed by atoms with Gasteiger partial charge in [0, 0.05) is 11.8 Å². The van der Waals surface area contributed by atoms with Crippen LogP contribution in [0.2, 0.25) is 0 Å². The highest BCUT2D eigenvalue weighted by atomic mass is 15.1. The average molecular weight is 380 g/mol. The summed E-state index contributed by atoms with van der Waals surface area (Å²) in [5.41, 5.74) is 6.25. The second-order valence-corrected chi connectivity index (χ2v) is 9.97. The van der Waals surface area contributed by atoms with Crippen molar-refractivity contribution in [1.82, 2.24) is 14.4 Å². The van der Waals surface area contributed by atoms with Gasteiger partial charge in [0.1, 0.15) is 11.5 Å². The number of para-hydroxylation sites is 3. The SMILES string of the molecule is CC1(Cc2nc3ccccc3c3nc4ccccc4n23)C=C2CC3CC(CC23)C1. The summed E-state index contributed by atoms with van der Waals surface area (Å²) < 4.78 is 2.33.